The van der Waals surface area contributed by atoms with Crippen LogP contribution in [-0.2, 0) is 0 Å². The topological polar surface area (TPSA) is 40.5 Å². The van der Waals surface area contributed by atoms with Gasteiger partial charge in [-0.3, -0.25) is 0 Å². The van der Waals surface area contributed by atoms with Gasteiger partial charge in [-0.05, 0) is 60.7 Å². The highest BCUT2D eigenvalue weighted by Gasteiger charge is 2.66. The van der Waals surface area contributed by atoms with Crippen molar-refractivity contribution in [3.8, 4) is 0 Å². The summed E-state index contributed by atoms with van der Waals surface area (Å²) in [5, 5.41) is 20.0. The lowest BCUT2D eigenvalue weighted by atomic mass is 9.67. The first-order chi connectivity index (χ1) is 7.54. The molecule has 0 aromatic rings. The standard InChI is InChI=1S/C14H24O2/c1-9-3-4-12-13(2,8-15)10-7-14(9,12)6-5-11(10)16/h9-12,15-16H,3-8H2,1-2H3/t9-,10+,11-,12+,13-,14+/m1/s1. The number of rotatable bonds is 1. The summed E-state index contributed by atoms with van der Waals surface area (Å²) in [6, 6.07) is 0. The Balaban J connectivity index is 2.04. The van der Waals surface area contributed by atoms with Crippen molar-refractivity contribution in [1.82, 2.24) is 0 Å². The number of hydrogen-bond acceptors (Lipinski definition) is 2. The smallest absolute Gasteiger partial charge is 0.0575 e. The van der Waals surface area contributed by atoms with Crippen LogP contribution in [0, 0.1) is 28.6 Å². The predicted octanol–water partition coefficient (Wildman–Crippen LogP) is 2.19. The summed E-state index contributed by atoms with van der Waals surface area (Å²) >= 11 is 0. The highest BCUT2D eigenvalue weighted by atomic mass is 16.3. The zero-order valence-electron chi connectivity index (χ0n) is 10.4. The van der Waals surface area contributed by atoms with Crippen LogP contribution in [0.3, 0.4) is 0 Å². The Bertz CT molecular complexity index is 303. The highest BCUT2D eigenvalue weighted by Crippen LogP contribution is 2.71. The largest absolute Gasteiger partial charge is 0.396 e. The van der Waals surface area contributed by atoms with Gasteiger partial charge in [-0.15, -0.1) is 0 Å². The van der Waals surface area contributed by atoms with Gasteiger partial charge in [-0.2, -0.15) is 0 Å². The van der Waals surface area contributed by atoms with Gasteiger partial charge in [0.1, 0.15) is 0 Å². The van der Waals surface area contributed by atoms with E-state index in [0.717, 1.165) is 18.8 Å². The SMILES string of the molecule is C[C@@H]1CC[C@H]2[C@](C)(CO)[C@H]3C[C@@]12CC[C@H]3O. The summed E-state index contributed by atoms with van der Waals surface area (Å²) in [5.74, 6) is 1.79. The first-order valence-electron chi connectivity index (χ1n) is 6.83. The molecule has 3 fully saturated rings. The van der Waals surface area contributed by atoms with E-state index < -0.39 is 0 Å². The van der Waals surface area contributed by atoms with Gasteiger partial charge in [-0.25, -0.2) is 0 Å². The Labute approximate surface area is 98.1 Å². The summed E-state index contributed by atoms with van der Waals surface area (Å²) in [6.07, 6.45) is 5.73. The van der Waals surface area contributed by atoms with Crippen molar-refractivity contribution < 1.29 is 10.2 Å². The van der Waals surface area contributed by atoms with Crippen molar-refractivity contribution >= 4 is 0 Å². The van der Waals surface area contributed by atoms with Crippen LogP contribution in [0.2, 0.25) is 0 Å². The molecule has 0 heterocycles. The second-order valence-electron chi connectivity index (χ2n) is 6.84. The maximum atomic E-state index is 10.2. The van der Waals surface area contributed by atoms with Crippen LogP contribution in [0.1, 0.15) is 46.0 Å². The van der Waals surface area contributed by atoms with Gasteiger partial charge in [0, 0.05) is 6.61 Å². The Morgan fingerprint density at radius 1 is 1.25 bits per heavy atom. The van der Waals surface area contributed by atoms with Gasteiger partial charge in [0.2, 0.25) is 0 Å². The van der Waals surface area contributed by atoms with Crippen molar-refractivity contribution in [2.75, 3.05) is 6.61 Å². The van der Waals surface area contributed by atoms with Gasteiger partial charge in [0.15, 0.2) is 0 Å². The van der Waals surface area contributed by atoms with E-state index in [1.165, 1.54) is 19.3 Å². The fourth-order valence-electron chi connectivity index (χ4n) is 5.51. The molecule has 0 aromatic carbocycles. The number of fused-ring (bicyclic) bond motifs is 1. The van der Waals surface area contributed by atoms with Crippen molar-refractivity contribution in [1.29, 1.82) is 0 Å². The van der Waals surface area contributed by atoms with Crippen molar-refractivity contribution in [2.24, 2.45) is 28.6 Å². The van der Waals surface area contributed by atoms with Crippen molar-refractivity contribution in [3.05, 3.63) is 0 Å². The number of aliphatic hydroxyl groups excluding tert-OH is 2. The quantitative estimate of drug-likeness (QED) is 0.717. The van der Waals surface area contributed by atoms with Crippen LogP contribution >= 0.6 is 0 Å². The lowest BCUT2D eigenvalue weighted by molar-refractivity contribution is -0.0133. The Morgan fingerprint density at radius 3 is 2.69 bits per heavy atom. The monoisotopic (exact) mass is 224 g/mol. The van der Waals surface area contributed by atoms with E-state index >= 15 is 0 Å². The second-order valence-corrected chi connectivity index (χ2v) is 6.84. The molecule has 0 saturated heterocycles. The van der Waals surface area contributed by atoms with Crippen LogP contribution in [-0.4, -0.2) is 22.9 Å². The lowest BCUT2D eigenvalue weighted by Gasteiger charge is -2.38. The van der Waals surface area contributed by atoms with E-state index in [2.05, 4.69) is 13.8 Å². The maximum absolute atomic E-state index is 10.2. The second kappa shape index (κ2) is 3.23. The molecule has 6 atom stereocenters. The summed E-state index contributed by atoms with van der Waals surface area (Å²) in [5.41, 5.74) is 0.446. The molecule has 2 heteroatoms. The third-order valence-corrected chi connectivity index (χ3v) is 6.52. The molecule has 2 N–H and O–H groups in total. The van der Waals surface area contributed by atoms with Gasteiger partial charge in [0.25, 0.3) is 0 Å². The molecule has 0 aliphatic heterocycles. The summed E-state index contributed by atoms with van der Waals surface area (Å²) in [6.45, 7) is 4.86. The zero-order valence-corrected chi connectivity index (χ0v) is 10.4. The third-order valence-electron chi connectivity index (χ3n) is 6.52. The first kappa shape index (κ1) is 11.0. The summed E-state index contributed by atoms with van der Waals surface area (Å²) in [7, 11) is 0. The Morgan fingerprint density at radius 2 is 2.00 bits per heavy atom. The molecule has 92 valence electrons. The fraction of sp³-hybridized carbons (Fsp3) is 1.00. The molecule has 0 unspecified atom stereocenters. The number of hydrogen-bond donors (Lipinski definition) is 2. The van der Waals surface area contributed by atoms with Crippen LogP contribution in [0.4, 0.5) is 0 Å². The van der Waals surface area contributed by atoms with Gasteiger partial charge in [0.05, 0.1) is 6.10 Å². The van der Waals surface area contributed by atoms with Crippen LogP contribution in [0.15, 0.2) is 0 Å². The minimum absolute atomic E-state index is 0.0132. The minimum Gasteiger partial charge on any atom is -0.396 e. The van der Waals surface area contributed by atoms with E-state index in [-0.39, 0.29) is 18.1 Å². The molecule has 1 spiro atoms. The molecule has 3 aliphatic carbocycles. The van der Waals surface area contributed by atoms with E-state index in [1.54, 1.807) is 0 Å². The molecule has 16 heavy (non-hydrogen) atoms. The molecule has 2 nitrogen and oxygen atoms in total. The van der Waals surface area contributed by atoms with Gasteiger partial charge >= 0.3 is 0 Å². The lowest BCUT2D eigenvalue weighted by Crippen LogP contribution is -2.38. The maximum Gasteiger partial charge on any atom is 0.0575 e. The predicted molar refractivity (Wildman–Crippen MR) is 62.9 cm³/mol. The number of aliphatic hydroxyl groups is 2. The Hall–Kier alpha value is -0.0800. The van der Waals surface area contributed by atoms with E-state index in [4.69, 9.17) is 0 Å². The highest BCUT2D eigenvalue weighted by molar-refractivity contribution is 5.15. The van der Waals surface area contributed by atoms with Gasteiger partial charge in [-0.1, -0.05) is 13.8 Å². The van der Waals surface area contributed by atoms with Crippen LogP contribution in [0.25, 0.3) is 0 Å². The molecule has 3 rings (SSSR count). The van der Waals surface area contributed by atoms with Crippen LogP contribution < -0.4 is 0 Å². The average molecular weight is 224 g/mol. The van der Waals surface area contributed by atoms with E-state index in [9.17, 15) is 10.2 Å². The molecule has 0 radical (unpaired) electrons. The minimum atomic E-state index is -0.166. The van der Waals surface area contributed by atoms with Crippen LogP contribution in [0.5, 0.6) is 0 Å². The molecule has 3 aliphatic rings. The van der Waals surface area contributed by atoms with Crippen molar-refractivity contribution in [3.63, 3.8) is 0 Å². The normalized spacial score (nSPS) is 60.0. The first-order valence-corrected chi connectivity index (χ1v) is 6.83. The molecular formula is C14H24O2. The molecule has 0 aromatic heterocycles. The van der Waals surface area contributed by atoms with Gasteiger partial charge < -0.3 is 10.2 Å². The Kier molecular flexibility index (Phi) is 2.23. The zero-order chi connectivity index (χ0) is 11.6. The molecule has 3 saturated carbocycles. The summed E-state index contributed by atoms with van der Waals surface area (Å²) < 4.78 is 0. The average Bonchev–Trinajstić information content (AvgIpc) is 2.70. The molecule has 2 bridgehead atoms. The van der Waals surface area contributed by atoms with E-state index in [1.807, 2.05) is 0 Å². The summed E-state index contributed by atoms with van der Waals surface area (Å²) in [4.78, 5) is 0. The third kappa shape index (κ3) is 1.06. The molecular weight excluding hydrogens is 200 g/mol. The van der Waals surface area contributed by atoms with Crippen molar-refractivity contribution in [2.45, 2.75) is 52.1 Å². The van der Waals surface area contributed by atoms with E-state index in [0.29, 0.717) is 17.3 Å². The fourth-order valence-corrected chi connectivity index (χ4v) is 5.51. The molecule has 0 amide bonds.